The molecule has 43 heavy (non-hydrogen) atoms. The first-order valence-corrected chi connectivity index (χ1v) is 13.5. The Bertz CT molecular complexity index is 1330. The van der Waals surface area contributed by atoms with Crippen molar-refractivity contribution in [2.24, 2.45) is 11.8 Å². The number of esters is 3. The number of amides is 1. The number of cyclic esters (lactones) is 2. The summed E-state index contributed by atoms with van der Waals surface area (Å²) in [6.07, 6.45) is -0.757. The van der Waals surface area contributed by atoms with Crippen molar-refractivity contribution in [1.82, 2.24) is 10.3 Å². The molecule has 2 heterocycles. The van der Waals surface area contributed by atoms with Crippen molar-refractivity contribution in [2.75, 3.05) is 20.3 Å². The smallest absolute Gasteiger partial charge is 0.493 e. The van der Waals surface area contributed by atoms with E-state index in [1.165, 1.54) is 32.4 Å². The van der Waals surface area contributed by atoms with Crippen LogP contribution in [-0.4, -0.2) is 73.5 Å². The van der Waals surface area contributed by atoms with Crippen molar-refractivity contribution in [3.05, 3.63) is 66.5 Å². The van der Waals surface area contributed by atoms with Gasteiger partial charge in [0.05, 0.1) is 13.0 Å². The van der Waals surface area contributed by atoms with E-state index < -0.39 is 72.4 Å². The number of nitrogens with zero attached hydrogens (tertiary/aromatic N) is 1. The second-order valence-electron chi connectivity index (χ2n) is 9.79. The predicted molar refractivity (Wildman–Crippen MR) is 149 cm³/mol. The monoisotopic (exact) mass is 598 g/mol. The molecule has 1 aliphatic rings. The quantitative estimate of drug-likeness (QED) is 0.242. The Balaban J connectivity index is 1.88. The van der Waals surface area contributed by atoms with Crippen molar-refractivity contribution in [3.63, 3.8) is 0 Å². The average Bonchev–Trinajstić information content (AvgIpc) is 3.02. The van der Waals surface area contributed by atoms with Gasteiger partial charge in [-0.2, -0.15) is 0 Å². The van der Waals surface area contributed by atoms with Crippen LogP contribution in [0.4, 0.5) is 4.79 Å². The molecule has 0 saturated carbocycles. The zero-order valence-corrected chi connectivity index (χ0v) is 24.3. The molecular formula is C30H34N2O11. The Morgan fingerprint density at radius 1 is 1.14 bits per heavy atom. The highest BCUT2D eigenvalue weighted by Crippen LogP contribution is 2.30. The molecule has 1 aromatic carbocycles. The summed E-state index contributed by atoms with van der Waals surface area (Å²) in [7, 11) is 1.28. The average molecular weight is 599 g/mol. The molecule has 4 atom stereocenters. The highest BCUT2D eigenvalue weighted by atomic mass is 16.7. The Labute approximate surface area is 248 Å². The minimum absolute atomic E-state index is 0.0219. The van der Waals surface area contributed by atoms with Crippen LogP contribution < -0.4 is 14.8 Å². The summed E-state index contributed by atoms with van der Waals surface area (Å²) in [4.78, 5) is 68.5. The maximum absolute atomic E-state index is 13.4. The normalized spacial score (nSPS) is 20.3. The van der Waals surface area contributed by atoms with Gasteiger partial charge in [0.25, 0.3) is 5.91 Å². The van der Waals surface area contributed by atoms with Gasteiger partial charge in [0.15, 0.2) is 23.6 Å². The summed E-state index contributed by atoms with van der Waals surface area (Å²) in [6, 6.07) is 8.86. The van der Waals surface area contributed by atoms with Gasteiger partial charge in [0.1, 0.15) is 25.2 Å². The molecule has 1 fully saturated rings. The fourth-order valence-corrected chi connectivity index (χ4v) is 4.07. The largest absolute Gasteiger partial charge is 0.514 e. The summed E-state index contributed by atoms with van der Waals surface area (Å²) in [5.74, 6) is -5.22. The second kappa shape index (κ2) is 15.3. The third kappa shape index (κ3) is 8.77. The molecule has 13 heteroatoms. The summed E-state index contributed by atoms with van der Waals surface area (Å²) in [5, 5.41) is 2.40. The van der Waals surface area contributed by atoms with Gasteiger partial charge in [0, 0.05) is 12.3 Å². The Morgan fingerprint density at radius 2 is 1.86 bits per heavy atom. The molecule has 1 aliphatic heterocycles. The minimum Gasteiger partial charge on any atom is -0.493 e. The molecule has 3 rings (SSSR count). The third-order valence-corrected chi connectivity index (χ3v) is 6.28. The van der Waals surface area contributed by atoms with Gasteiger partial charge in [-0.1, -0.05) is 56.8 Å². The molecule has 2 aromatic rings. The van der Waals surface area contributed by atoms with Crippen molar-refractivity contribution < 1.29 is 52.4 Å². The molecule has 0 spiro atoms. The molecule has 0 radical (unpaired) electrons. The zero-order valence-electron chi connectivity index (χ0n) is 24.3. The number of hydrogen-bond acceptors (Lipinski definition) is 12. The van der Waals surface area contributed by atoms with Crippen LogP contribution >= 0.6 is 0 Å². The first-order chi connectivity index (χ1) is 20.5. The predicted octanol–water partition coefficient (Wildman–Crippen LogP) is 2.81. The SMILES string of the molecule is C=CCOC(=O)Oc1c(OC)ccnc1C(=O)NC1COC(=O)C(Cc2ccccc2)C(OC(=O)C(C)C)C(C)OC1=O. The lowest BCUT2D eigenvalue weighted by Crippen LogP contribution is -2.47. The molecule has 1 aromatic heterocycles. The molecule has 1 amide bonds. The van der Waals surface area contributed by atoms with E-state index in [2.05, 4.69) is 16.9 Å². The van der Waals surface area contributed by atoms with Gasteiger partial charge < -0.3 is 33.7 Å². The minimum atomic E-state index is -1.50. The van der Waals surface area contributed by atoms with Gasteiger partial charge in [-0.3, -0.25) is 14.4 Å². The van der Waals surface area contributed by atoms with E-state index >= 15 is 0 Å². The molecule has 0 bridgehead atoms. The Morgan fingerprint density at radius 3 is 2.51 bits per heavy atom. The van der Waals surface area contributed by atoms with E-state index in [1.54, 1.807) is 38.1 Å². The fourth-order valence-electron chi connectivity index (χ4n) is 4.07. The van der Waals surface area contributed by atoms with Crippen LogP contribution in [0.25, 0.3) is 0 Å². The number of methoxy groups -OCH3 is 1. The van der Waals surface area contributed by atoms with E-state index in [1.807, 2.05) is 6.07 Å². The fraction of sp³-hybridized carbons (Fsp3) is 0.400. The van der Waals surface area contributed by atoms with Crippen molar-refractivity contribution >= 4 is 30.0 Å². The van der Waals surface area contributed by atoms with Crippen LogP contribution in [0.2, 0.25) is 0 Å². The van der Waals surface area contributed by atoms with Crippen LogP contribution in [0, 0.1) is 11.8 Å². The number of hydrogen-bond donors (Lipinski definition) is 1. The molecule has 230 valence electrons. The Kier molecular flexibility index (Phi) is 11.6. The van der Waals surface area contributed by atoms with E-state index in [-0.39, 0.29) is 24.5 Å². The number of nitrogens with one attached hydrogen (secondary N) is 1. The molecule has 13 nitrogen and oxygen atoms in total. The summed E-state index contributed by atoms with van der Waals surface area (Å²) < 4.78 is 31.8. The maximum atomic E-state index is 13.4. The summed E-state index contributed by atoms with van der Waals surface area (Å²) >= 11 is 0. The summed E-state index contributed by atoms with van der Waals surface area (Å²) in [5.41, 5.74) is 0.341. The highest BCUT2D eigenvalue weighted by Gasteiger charge is 2.42. The third-order valence-electron chi connectivity index (χ3n) is 6.28. The molecule has 4 unspecified atom stereocenters. The lowest BCUT2D eigenvalue weighted by molar-refractivity contribution is -0.176. The van der Waals surface area contributed by atoms with Crippen molar-refractivity contribution in [2.45, 2.75) is 45.4 Å². The van der Waals surface area contributed by atoms with Gasteiger partial charge in [-0.15, -0.1) is 0 Å². The number of rotatable bonds is 10. The van der Waals surface area contributed by atoms with Gasteiger partial charge >= 0.3 is 24.1 Å². The lowest BCUT2D eigenvalue weighted by atomic mass is 9.91. The topological polar surface area (TPSA) is 166 Å². The number of carbonyl (C=O) groups excluding carboxylic acids is 5. The van der Waals surface area contributed by atoms with Gasteiger partial charge in [0.2, 0.25) is 5.75 Å². The molecule has 0 aliphatic carbocycles. The van der Waals surface area contributed by atoms with Gasteiger partial charge in [-0.05, 0) is 18.9 Å². The number of benzene rings is 1. The van der Waals surface area contributed by atoms with Crippen LogP contribution in [0.3, 0.4) is 0 Å². The molecule has 1 saturated heterocycles. The van der Waals surface area contributed by atoms with E-state index in [4.69, 9.17) is 28.4 Å². The zero-order chi connectivity index (χ0) is 31.5. The first kappa shape index (κ1) is 32.6. The number of carbonyl (C=O) groups is 5. The van der Waals surface area contributed by atoms with E-state index in [0.29, 0.717) is 0 Å². The van der Waals surface area contributed by atoms with Gasteiger partial charge in [-0.25, -0.2) is 14.6 Å². The standard InChI is InChI=1S/C30H34N2O11/c1-6-14-39-30(37)43-25-22(38-5)12-13-31-23(25)26(33)32-21-16-40-28(35)20(15-19-10-8-7-9-11-19)24(18(4)41-29(21)36)42-27(34)17(2)3/h6-13,17-18,20-21,24H,1,14-16H2,2-5H3,(H,32,33). The first-order valence-electron chi connectivity index (χ1n) is 13.5. The number of ether oxygens (including phenoxy) is 6. The number of pyridine rings is 1. The van der Waals surface area contributed by atoms with Crippen LogP contribution in [0.15, 0.2) is 55.3 Å². The number of aromatic nitrogens is 1. The lowest BCUT2D eigenvalue weighted by Gasteiger charge is -2.29. The van der Waals surface area contributed by atoms with Crippen LogP contribution in [0.1, 0.15) is 36.8 Å². The Hall–Kier alpha value is -4.94. The highest BCUT2D eigenvalue weighted by molar-refractivity contribution is 5.98. The second-order valence-corrected chi connectivity index (χ2v) is 9.79. The molecular weight excluding hydrogens is 564 g/mol. The van der Waals surface area contributed by atoms with Crippen molar-refractivity contribution in [1.29, 1.82) is 0 Å². The molecule has 1 N–H and O–H groups in total. The maximum Gasteiger partial charge on any atom is 0.514 e. The van der Waals surface area contributed by atoms with E-state index in [0.717, 1.165) is 5.56 Å². The van der Waals surface area contributed by atoms with Crippen LogP contribution in [-0.2, 0) is 39.8 Å². The summed E-state index contributed by atoms with van der Waals surface area (Å²) in [6.45, 7) is 7.43. The van der Waals surface area contributed by atoms with Crippen LogP contribution in [0.5, 0.6) is 11.5 Å². The van der Waals surface area contributed by atoms with E-state index in [9.17, 15) is 24.0 Å². The van der Waals surface area contributed by atoms with Crippen molar-refractivity contribution in [3.8, 4) is 11.5 Å².